The predicted molar refractivity (Wildman–Crippen MR) is 128 cm³/mol. The molecule has 1 N–H and O–H groups in total. The van der Waals surface area contributed by atoms with Crippen molar-refractivity contribution in [3.63, 3.8) is 0 Å². The van der Waals surface area contributed by atoms with Gasteiger partial charge in [0.05, 0.1) is 24.9 Å². The van der Waals surface area contributed by atoms with E-state index in [4.69, 9.17) is 17.0 Å². The number of aromatic nitrogens is 3. The van der Waals surface area contributed by atoms with Crippen molar-refractivity contribution in [3.8, 4) is 11.4 Å². The molecule has 0 radical (unpaired) electrons. The number of benzene rings is 1. The highest BCUT2D eigenvalue weighted by Gasteiger charge is 2.41. The number of nitrogens with zero attached hydrogens (tertiary/aromatic N) is 4. The zero-order valence-corrected chi connectivity index (χ0v) is 18.4. The Kier molecular flexibility index (Phi) is 5.56. The third kappa shape index (κ3) is 3.83. The number of hydrogen-bond donors (Lipinski definition) is 1. The van der Waals surface area contributed by atoms with Crippen molar-refractivity contribution in [2.45, 2.75) is 18.6 Å². The van der Waals surface area contributed by atoms with Gasteiger partial charge in [-0.25, -0.2) is 0 Å². The standard InChI is InChI=1S/C25H23N5OS/c1-31-20-9-4-8-19(15-20)29-14-6-11-22(29)24-23(21-10-2-3-13-27-21)28-25(32)30(24)17-18-7-5-12-26-16-18/h2-16,23-24H,17H2,1H3,(H,28,32)/t23-,24+/m1/s1. The monoisotopic (exact) mass is 441 g/mol. The van der Waals surface area contributed by atoms with Gasteiger partial charge in [0.1, 0.15) is 5.75 Å². The quantitative estimate of drug-likeness (QED) is 0.446. The number of pyridine rings is 2. The maximum Gasteiger partial charge on any atom is 0.170 e. The second-order valence-corrected chi connectivity index (χ2v) is 8.01. The molecule has 0 bridgehead atoms. The van der Waals surface area contributed by atoms with Gasteiger partial charge in [-0.1, -0.05) is 18.2 Å². The van der Waals surface area contributed by atoms with Crippen LogP contribution in [-0.2, 0) is 6.54 Å². The lowest BCUT2D eigenvalue weighted by molar-refractivity contribution is 0.302. The van der Waals surface area contributed by atoms with Crippen LogP contribution in [0.4, 0.5) is 0 Å². The van der Waals surface area contributed by atoms with Gasteiger partial charge in [-0.05, 0) is 60.2 Å². The van der Waals surface area contributed by atoms with Crippen LogP contribution in [0.3, 0.4) is 0 Å². The summed E-state index contributed by atoms with van der Waals surface area (Å²) < 4.78 is 7.64. The Hall–Kier alpha value is -3.71. The molecular weight excluding hydrogens is 418 g/mol. The van der Waals surface area contributed by atoms with E-state index in [-0.39, 0.29) is 12.1 Å². The van der Waals surface area contributed by atoms with Gasteiger partial charge in [0.2, 0.25) is 0 Å². The molecule has 1 saturated heterocycles. The average molecular weight is 442 g/mol. The van der Waals surface area contributed by atoms with Crippen LogP contribution in [0, 0.1) is 0 Å². The first-order valence-electron chi connectivity index (χ1n) is 10.4. The van der Waals surface area contributed by atoms with E-state index in [0.29, 0.717) is 11.7 Å². The maximum absolute atomic E-state index is 5.80. The Morgan fingerprint density at radius 2 is 1.97 bits per heavy atom. The molecule has 1 aliphatic heterocycles. The van der Waals surface area contributed by atoms with Crippen molar-refractivity contribution in [1.82, 2.24) is 24.8 Å². The molecule has 0 amide bonds. The van der Waals surface area contributed by atoms with Gasteiger partial charge in [0.25, 0.3) is 0 Å². The first-order valence-corrected chi connectivity index (χ1v) is 10.8. The smallest absolute Gasteiger partial charge is 0.170 e. The van der Waals surface area contributed by atoms with Crippen LogP contribution in [0.25, 0.3) is 5.69 Å². The lowest BCUT2D eigenvalue weighted by atomic mass is 10.0. The van der Waals surface area contributed by atoms with Crippen LogP contribution in [0.1, 0.15) is 29.0 Å². The Bertz CT molecular complexity index is 1210. The summed E-state index contributed by atoms with van der Waals surface area (Å²) >= 11 is 5.80. The summed E-state index contributed by atoms with van der Waals surface area (Å²) in [4.78, 5) is 11.1. The summed E-state index contributed by atoms with van der Waals surface area (Å²) in [6.07, 6.45) is 7.56. The van der Waals surface area contributed by atoms with Crippen molar-refractivity contribution in [2.75, 3.05) is 7.11 Å². The maximum atomic E-state index is 5.80. The number of thiocarbonyl (C=S) groups is 1. The normalized spacial score (nSPS) is 17.9. The summed E-state index contributed by atoms with van der Waals surface area (Å²) in [5.74, 6) is 0.815. The fourth-order valence-electron chi connectivity index (χ4n) is 4.22. The number of ether oxygens (including phenoxy) is 1. The molecule has 160 valence electrons. The Balaban J connectivity index is 1.60. The SMILES string of the molecule is COc1cccc(-n2cccc2[C@H]2[C@@H](c3ccccn3)NC(=S)N2Cc2cccnc2)c1. The second kappa shape index (κ2) is 8.80. The lowest BCUT2D eigenvalue weighted by Crippen LogP contribution is -2.30. The van der Waals surface area contributed by atoms with Crippen LogP contribution < -0.4 is 10.1 Å². The van der Waals surface area contributed by atoms with Gasteiger partial charge in [0.15, 0.2) is 5.11 Å². The number of nitrogens with one attached hydrogen (secondary N) is 1. The topological polar surface area (TPSA) is 55.2 Å². The molecule has 2 atom stereocenters. The van der Waals surface area contributed by atoms with Crippen LogP contribution in [0.5, 0.6) is 5.75 Å². The molecule has 1 fully saturated rings. The summed E-state index contributed by atoms with van der Waals surface area (Å²) in [6, 6.07) is 22.1. The lowest BCUT2D eigenvalue weighted by Gasteiger charge is -2.29. The Labute approximate surface area is 192 Å². The van der Waals surface area contributed by atoms with E-state index in [1.54, 1.807) is 13.3 Å². The first kappa shape index (κ1) is 20.2. The van der Waals surface area contributed by atoms with Gasteiger partial charge in [-0.15, -0.1) is 0 Å². The zero-order valence-electron chi connectivity index (χ0n) is 17.6. The van der Waals surface area contributed by atoms with Crippen molar-refractivity contribution < 1.29 is 4.74 Å². The van der Waals surface area contributed by atoms with Gasteiger partial charge >= 0.3 is 0 Å². The minimum atomic E-state index is -0.0837. The van der Waals surface area contributed by atoms with Crippen LogP contribution in [0.2, 0.25) is 0 Å². The predicted octanol–water partition coefficient (Wildman–Crippen LogP) is 4.45. The molecule has 6 nitrogen and oxygen atoms in total. The second-order valence-electron chi connectivity index (χ2n) is 7.62. The van der Waals surface area contributed by atoms with E-state index >= 15 is 0 Å². The minimum absolute atomic E-state index is 0.0567. The molecule has 4 heterocycles. The highest BCUT2D eigenvalue weighted by Crippen LogP contribution is 2.40. The van der Waals surface area contributed by atoms with Crippen molar-refractivity contribution in [2.24, 2.45) is 0 Å². The summed E-state index contributed by atoms with van der Waals surface area (Å²) in [6.45, 7) is 0.650. The number of hydrogen-bond acceptors (Lipinski definition) is 4. The van der Waals surface area contributed by atoms with Crippen molar-refractivity contribution in [3.05, 3.63) is 108 Å². The average Bonchev–Trinajstić information content (AvgIpc) is 3.45. The van der Waals surface area contributed by atoms with E-state index in [0.717, 1.165) is 28.4 Å². The molecule has 5 rings (SSSR count). The molecular formula is C25H23N5OS. The molecule has 0 spiro atoms. The molecule has 4 aromatic rings. The van der Waals surface area contributed by atoms with E-state index < -0.39 is 0 Å². The van der Waals surface area contributed by atoms with Gasteiger partial charge < -0.3 is 19.5 Å². The molecule has 0 saturated carbocycles. The van der Waals surface area contributed by atoms with Crippen molar-refractivity contribution in [1.29, 1.82) is 0 Å². The van der Waals surface area contributed by atoms with Crippen LogP contribution in [0.15, 0.2) is 91.5 Å². The van der Waals surface area contributed by atoms with Crippen LogP contribution >= 0.6 is 12.2 Å². The summed E-state index contributed by atoms with van der Waals surface area (Å²) in [5.41, 5.74) is 4.20. The summed E-state index contributed by atoms with van der Waals surface area (Å²) in [7, 11) is 1.68. The molecule has 7 heteroatoms. The van der Waals surface area contributed by atoms with Gasteiger partial charge in [-0.2, -0.15) is 0 Å². The van der Waals surface area contributed by atoms with Gasteiger partial charge in [0, 0.05) is 48.8 Å². The molecule has 0 aliphatic carbocycles. The largest absolute Gasteiger partial charge is 0.497 e. The third-order valence-electron chi connectivity index (χ3n) is 5.69. The zero-order chi connectivity index (χ0) is 21.9. The fourth-order valence-corrected chi connectivity index (χ4v) is 4.52. The van der Waals surface area contributed by atoms with Crippen molar-refractivity contribution >= 4 is 17.3 Å². The summed E-state index contributed by atoms with van der Waals surface area (Å²) in [5, 5.41) is 4.22. The van der Waals surface area contributed by atoms with Gasteiger partial charge in [-0.3, -0.25) is 9.97 Å². The Morgan fingerprint density at radius 1 is 1.03 bits per heavy atom. The van der Waals surface area contributed by atoms with E-state index in [1.165, 1.54) is 0 Å². The van der Waals surface area contributed by atoms with E-state index in [1.807, 2.05) is 54.9 Å². The number of methoxy groups -OCH3 is 1. The molecule has 1 aliphatic rings. The highest BCUT2D eigenvalue weighted by molar-refractivity contribution is 7.80. The van der Waals surface area contributed by atoms with E-state index in [9.17, 15) is 0 Å². The van der Waals surface area contributed by atoms with E-state index in [2.05, 4.69) is 55.2 Å². The minimum Gasteiger partial charge on any atom is -0.497 e. The fraction of sp³-hybridized carbons (Fsp3) is 0.160. The molecule has 32 heavy (non-hydrogen) atoms. The highest BCUT2D eigenvalue weighted by atomic mass is 32.1. The third-order valence-corrected chi connectivity index (χ3v) is 6.04. The number of rotatable bonds is 6. The molecule has 3 aromatic heterocycles. The molecule has 1 aromatic carbocycles. The Morgan fingerprint density at radius 3 is 2.75 bits per heavy atom. The first-order chi connectivity index (χ1) is 15.7. The molecule has 0 unspecified atom stereocenters. The van der Waals surface area contributed by atoms with Crippen LogP contribution in [-0.4, -0.2) is 31.7 Å².